The van der Waals surface area contributed by atoms with Gasteiger partial charge in [-0.15, -0.1) is 0 Å². The van der Waals surface area contributed by atoms with Crippen molar-refractivity contribution in [1.82, 2.24) is 25.2 Å². The number of benzene rings is 1. The van der Waals surface area contributed by atoms with Crippen molar-refractivity contribution < 1.29 is 14.1 Å². The number of imidazole rings is 1. The highest BCUT2D eigenvalue weighted by Crippen LogP contribution is 2.22. The van der Waals surface area contributed by atoms with Crippen LogP contribution in [0.5, 0.6) is 5.75 Å². The van der Waals surface area contributed by atoms with Gasteiger partial charge >= 0.3 is 0 Å². The first-order chi connectivity index (χ1) is 15.8. The molecule has 0 unspecified atom stereocenters. The molecule has 0 aliphatic heterocycles. The molecule has 13 heteroatoms. The van der Waals surface area contributed by atoms with Crippen molar-refractivity contribution in [3.63, 3.8) is 0 Å². The van der Waals surface area contributed by atoms with Crippen LogP contribution in [0.1, 0.15) is 30.2 Å². The first-order valence-corrected chi connectivity index (χ1v) is 10.8. The lowest BCUT2D eigenvalue weighted by Crippen LogP contribution is -2.40. The molecule has 0 radical (unpaired) electrons. The van der Waals surface area contributed by atoms with Crippen molar-refractivity contribution in [3.8, 4) is 5.75 Å². The number of nitrogens with zero attached hydrogens (tertiary/aromatic N) is 4. The van der Waals surface area contributed by atoms with Crippen molar-refractivity contribution in [3.05, 3.63) is 34.9 Å². The number of guanidine groups is 1. The minimum absolute atomic E-state index is 0.0317. The molecular weight excluding hydrogens is 448 g/mol. The lowest BCUT2D eigenvalue weighted by molar-refractivity contribution is -0.676. The van der Waals surface area contributed by atoms with E-state index in [-0.39, 0.29) is 35.0 Å². The Morgan fingerprint density at radius 1 is 1.24 bits per heavy atom. The molecule has 1 aromatic carbocycles. The number of hydrogen-bond acceptors (Lipinski definition) is 7. The Morgan fingerprint density at radius 3 is 2.67 bits per heavy atom. The minimum Gasteiger partial charge on any atom is -0.492 e. The molecule has 3 rings (SSSR count). The van der Waals surface area contributed by atoms with Crippen LogP contribution >= 0.6 is 11.6 Å². The molecule has 0 fully saturated rings. The summed E-state index contributed by atoms with van der Waals surface area (Å²) in [6, 6.07) is 5.82. The van der Waals surface area contributed by atoms with Gasteiger partial charge in [-0.2, -0.15) is 0 Å². The van der Waals surface area contributed by atoms with E-state index in [0.717, 1.165) is 16.9 Å². The third kappa shape index (κ3) is 5.17. The number of nitrogens with two attached hydrogens (primary N) is 3. The fraction of sp³-hybridized carbons (Fsp3) is 0.350. The zero-order valence-corrected chi connectivity index (χ0v) is 19.2. The molecule has 9 N–H and O–H groups in total. The number of anilines is 2. The maximum absolute atomic E-state index is 12.7. The highest BCUT2D eigenvalue weighted by atomic mass is 35.5. The van der Waals surface area contributed by atoms with Gasteiger partial charge in [-0.05, 0) is 26.0 Å². The lowest BCUT2D eigenvalue weighted by atomic mass is 10.3. The number of amides is 1. The molecule has 0 bridgehead atoms. The van der Waals surface area contributed by atoms with Crippen molar-refractivity contribution in [1.29, 1.82) is 5.41 Å². The van der Waals surface area contributed by atoms with Crippen molar-refractivity contribution >= 4 is 46.1 Å². The summed E-state index contributed by atoms with van der Waals surface area (Å²) in [6.45, 7) is 6.46. The fourth-order valence-corrected chi connectivity index (χ4v) is 3.69. The van der Waals surface area contributed by atoms with Crippen molar-refractivity contribution in [2.75, 3.05) is 24.6 Å². The van der Waals surface area contributed by atoms with Crippen LogP contribution in [0.3, 0.4) is 0 Å². The van der Waals surface area contributed by atoms with Gasteiger partial charge in [-0.25, -0.2) is 19.1 Å². The number of carbonyl (C=O) groups is 1. The summed E-state index contributed by atoms with van der Waals surface area (Å²) in [5.41, 5.74) is 18.6. The van der Waals surface area contributed by atoms with Gasteiger partial charge in [0.05, 0.1) is 19.6 Å². The van der Waals surface area contributed by atoms with E-state index in [1.54, 1.807) is 0 Å². The summed E-state index contributed by atoms with van der Waals surface area (Å²) in [7, 11) is 0. The Kier molecular flexibility index (Phi) is 7.38. The number of nitrogens with one attached hydrogen (secondary N) is 3. The van der Waals surface area contributed by atoms with Gasteiger partial charge in [0.15, 0.2) is 39.5 Å². The van der Waals surface area contributed by atoms with E-state index in [0.29, 0.717) is 32.0 Å². The van der Waals surface area contributed by atoms with E-state index in [1.165, 1.54) is 0 Å². The van der Waals surface area contributed by atoms with E-state index >= 15 is 0 Å². The first-order valence-electron chi connectivity index (χ1n) is 10.4. The monoisotopic (exact) mass is 475 g/mol. The van der Waals surface area contributed by atoms with Gasteiger partial charge in [0.25, 0.3) is 11.7 Å². The quantitative estimate of drug-likeness (QED) is 0.111. The molecule has 0 saturated carbocycles. The molecule has 12 nitrogen and oxygen atoms in total. The Hall–Kier alpha value is -3.80. The normalized spacial score (nSPS) is 10.9. The number of nitrogen functional groups attached to an aromatic ring is 2. The topological polar surface area (TPSA) is 187 Å². The molecule has 0 aliphatic rings. The van der Waals surface area contributed by atoms with Crippen molar-refractivity contribution in [2.24, 2.45) is 5.73 Å². The number of ether oxygens (including phenoxy) is 1. The number of aryl methyl sites for hydroxylation is 2. The molecule has 3 aromatic rings. The van der Waals surface area contributed by atoms with Crippen LogP contribution in [0, 0.1) is 5.41 Å². The smallest absolute Gasteiger partial charge is 0.277 e. The van der Waals surface area contributed by atoms with E-state index < -0.39 is 5.91 Å². The summed E-state index contributed by atoms with van der Waals surface area (Å²) in [5, 5.41) is 12.7. The molecule has 0 saturated heterocycles. The Labute approximate surface area is 195 Å². The molecule has 0 spiro atoms. The standard InChI is InChI=1S/C20H27ClN10O2/c1-3-30-12-6-5-11(33-8-7-26-20(24)25)9-13(12)31(4-2)14(30)10-27-19(32)15-17(22)29-18(23)16(21)28-15/h5-6,9H,3-4,7-8,10H2,1-2H3,(H8-,22,23,24,25,26,27,29,32)/p+1. The van der Waals surface area contributed by atoms with Crippen LogP contribution in [0.25, 0.3) is 11.0 Å². The largest absolute Gasteiger partial charge is 0.492 e. The van der Waals surface area contributed by atoms with Crippen LogP contribution in [-0.2, 0) is 19.6 Å². The molecule has 0 aliphatic carbocycles. The summed E-state index contributed by atoms with van der Waals surface area (Å²) in [5.74, 6) is 0.869. The number of rotatable bonds is 9. The highest BCUT2D eigenvalue weighted by Gasteiger charge is 2.25. The SMILES string of the molecule is CCn1c(CNC(=O)c2nc(Cl)c(N)nc2N)[n+](CC)c2ccc(OCCNC(=N)N)cc21. The van der Waals surface area contributed by atoms with Gasteiger partial charge in [0.1, 0.15) is 18.9 Å². The molecule has 2 heterocycles. The van der Waals surface area contributed by atoms with Crippen LogP contribution in [0.2, 0.25) is 5.15 Å². The average Bonchev–Trinajstić information content (AvgIpc) is 3.09. The third-order valence-electron chi connectivity index (χ3n) is 5.00. The zero-order chi connectivity index (χ0) is 24.1. The lowest BCUT2D eigenvalue weighted by Gasteiger charge is -2.08. The number of fused-ring (bicyclic) bond motifs is 1. The van der Waals surface area contributed by atoms with Crippen molar-refractivity contribution in [2.45, 2.75) is 33.5 Å². The second-order valence-electron chi connectivity index (χ2n) is 7.06. The summed E-state index contributed by atoms with van der Waals surface area (Å²) >= 11 is 5.90. The van der Waals surface area contributed by atoms with Crippen LogP contribution in [-0.4, -0.2) is 39.6 Å². The van der Waals surface area contributed by atoms with Crippen LogP contribution < -0.4 is 37.1 Å². The Bertz CT molecular complexity index is 1190. The summed E-state index contributed by atoms with van der Waals surface area (Å²) in [4.78, 5) is 20.5. The second kappa shape index (κ2) is 10.2. The predicted octanol–water partition coefficient (Wildman–Crippen LogP) is 0.368. The van der Waals surface area contributed by atoms with E-state index in [2.05, 4.69) is 29.7 Å². The van der Waals surface area contributed by atoms with Crippen LogP contribution in [0.4, 0.5) is 11.6 Å². The number of aromatic nitrogens is 4. The second-order valence-corrected chi connectivity index (χ2v) is 7.42. The molecule has 176 valence electrons. The third-order valence-corrected chi connectivity index (χ3v) is 5.28. The highest BCUT2D eigenvalue weighted by molar-refractivity contribution is 6.31. The minimum atomic E-state index is -0.501. The Morgan fingerprint density at radius 2 is 2.00 bits per heavy atom. The van der Waals surface area contributed by atoms with Gasteiger partial charge in [-0.1, -0.05) is 11.6 Å². The fourth-order valence-electron chi connectivity index (χ4n) is 3.56. The predicted molar refractivity (Wildman–Crippen MR) is 126 cm³/mol. The van der Waals surface area contributed by atoms with E-state index in [1.807, 2.05) is 32.0 Å². The number of halogens is 1. The van der Waals surface area contributed by atoms with Gasteiger partial charge in [0, 0.05) is 6.07 Å². The number of hydrogen-bond donors (Lipinski definition) is 6. The maximum Gasteiger partial charge on any atom is 0.277 e. The molecule has 33 heavy (non-hydrogen) atoms. The summed E-state index contributed by atoms with van der Waals surface area (Å²) in [6.07, 6.45) is 0. The van der Waals surface area contributed by atoms with E-state index in [4.69, 9.17) is 38.9 Å². The molecule has 2 aromatic heterocycles. The molecule has 1 amide bonds. The first kappa shape index (κ1) is 23.9. The zero-order valence-electron chi connectivity index (χ0n) is 18.5. The van der Waals surface area contributed by atoms with Gasteiger partial charge < -0.3 is 32.6 Å². The van der Waals surface area contributed by atoms with E-state index in [9.17, 15) is 4.79 Å². The molecule has 0 atom stereocenters. The van der Waals surface area contributed by atoms with Crippen LogP contribution in [0.15, 0.2) is 18.2 Å². The maximum atomic E-state index is 12.7. The van der Waals surface area contributed by atoms with Gasteiger partial charge in [0.2, 0.25) is 0 Å². The molecular formula is C20H28ClN10O2+. The number of carbonyl (C=O) groups excluding carboxylic acids is 1. The Balaban J connectivity index is 1.85. The van der Waals surface area contributed by atoms with Gasteiger partial charge in [-0.3, -0.25) is 10.2 Å². The summed E-state index contributed by atoms with van der Waals surface area (Å²) < 4.78 is 10.00. The average molecular weight is 476 g/mol.